The lowest BCUT2D eigenvalue weighted by molar-refractivity contribution is 0.456. The van der Waals surface area contributed by atoms with Gasteiger partial charge in [-0.25, -0.2) is 4.68 Å². The molecule has 4 unspecified atom stereocenters. The number of halogens is 1. The summed E-state index contributed by atoms with van der Waals surface area (Å²) in [6.07, 6.45) is 6.07. The lowest BCUT2D eigenvalue weighted by atomic mass is 10.0. The first-order valence-corrected chi connectivity index (χ1v) is 8.41. The molecule has 0 saturated heterocycles. The van der Waals surface area contributed by atoms with Crippen molar-refractivity contribution < 1.29 is 0 Å². The Morgan fingerprint density at radius 1 is 1.35 bits per heavy atom. The van der Waals surface area contributed by atoms with Crippen LogP contribution in [0.1, 0.15) is 39.2 Å². The number of nitrogens with one attached hydrogen (secondary N) is 1. The molecule has 3 aliphatic carbocycles. The highest BCUT2D eigenvalue weighted by molar-refractivity contribution is 9.10. The van der Waals surface area contributed by atoms with Crippen LogP contribution in [-0.2, 0) is 0 Å². The van der Waals surface area contributed by atoms with Crippen LogP contribution >= 0.6 is 15.9 Å². The van der Waals surface area contributed by atoms with E-state index in [4.69, 9.17) is 0 Å². The third kappa shape index (κ3) is 1.71. The molecule has 0 aliphatic heterocycles. The van der Waals surface area contributed by atoms with Gasteiger partial charge in [0.25, 0.3) is 5.56 Å². The molecule has 1 heterocycles. The first-order chi connectivity index (χ1) is 9.58. The minimum absolute atomic E-state index is 0.0428. The van der Waals surface area contributed by atoms with Crippen LogP contribution in [-0.4, -0.2) is 15.8 Å². The van der Waals surface area contributed by atoms with Gasteiger partial charge in [0.15, 0.2) is 0 Å². The second-order valence-corrected chi connectivity index (χ2v) is 7.67. The van der Waals surface area contributed by atoms with E-state index < -0.39 is 0 Å². The zero-order valence-electron chi connectivity index (χ0n) is 11.8. The van der Waals surface area contributed by atoms with Gasteiger partial charge in [-0.15, -0.1) is 0 Å². The fraction of sp³-hybridized carbons (Fsp3) is 0.733. The molecular weight excluding hydrogens is 318 g/mol. The van der Waals surface area contributed by atoms with Crippen molar-refractivity contribution in [1.82, 2.24) is 9.78 Å². The normalized spacial score (nSPS) is 37.3. The average molecular weight is 338 g/mol. The predicted octanol–water partition coefficient (Wildman–Crippen LogP) is 3.04. The molecule has 3 fully saturated rings. The zero-order valence-corrected chi connectivity index (χ0v) is 13.4. The Balaban J connectivity index is 1.56. The van der Waals surface area contributed by atoms with Gasteiger partial charge in [0.05, 0.1) is 17.9 Å². The summed E-state index contributed by atoms with van der Waals surface area (Å²) in [5, 5.41) is 7.85. The molecule has 4 nitrogen and oxygen atoms in total. The standard InChI is InChI=1S/C15H20BrN3O/c1-7(2)19-15(20)13(16)10(6-17-19)18-14-11-8-3-4-9(5-8)12(11)14/h6-9,11-12,14,18H,3-5H2,1-2H3. The average Bonchev–Trinajstić information content (AvgIpc) is 2.81. The minimum atomic E-state index is -0.0428. The van der Waals surface area contributed by atoms with Gasteiger partial charge < -0.3 is 5.32 Å². The summed E-state index contributed by atoms with van der Waals surface area (Å²) in [5.41, 5.74) is 0.824. The van der Waals surface area contributed by atoms with E-state index in [2.05, 4.69) is 26.3 Å². The number of rotatable bonds is 3. The first-order valence-electron chi connectivity index (χ1n) is 7.61. The van der Waals surface area contributed by atoms with Crippen LogP contribution in [0.5, 0.6) is 0 Å². The largest absolute Gasteiger partial charge is 0.379 e. The molecule has 0 spiro atoms. The molecule has 108 valence electrons. The van der Waals surface area contributed by atoms with Crippen molar-refractivity contribution in [1.29, 1.82) is 0 Å². The molecule has 1 aromatic rings. The SMILES string of the molecule is CC(C)n1ncc(NC2C3C4CCC(C4)C23)c(Br)c1=O. The van der Waals surface area contributed by atoms with E-state index in [-0.39, 0.29) is 11.6 Å². The fourth-order valence-electron chi connectivity index (χ4n) is 4.61. The van der Waals surface area contributed by atoms with Crippen LogP contribution in [0.3, 0.4) is 0 Å². The maximum atomic E-state index is 12.2. The van der Waals surface area contributed by atoms with Crippen molar-refractivity contribution in [2.75, 3.05) is 5.32 Å². The summed E-state index contributed by atoms with van der Waals surface area (Å²) in [4.78, 5) is 12.2. The van der Waals surface area contributed by atoms with Gasteiger partial charge in [-0.05, 0) is 72.7 Å². The summed E-state index contributed by atoms with van der Waals surface area (Å²) in [7, 11) is 0. The summed E-state index contributed by atoms with van der Waals surface area (Å²) in [5.74, 6) is 3.58. The molecule has 20 heavy (non-hydrogen) atoms. The molecule has 3 aliphatic rings. The maximum Gasteiger partial charge on any atom is 0.283 e. The van der Waals surface area contributed by atoms with E-state index in [9.17, 15) is 4.79 Å². The fourth-order valence-corrected chi connectivity index (χ4v) is 5.01. The molecule has 4 rings (SSSR count). The molecule has 0 radical (unpaired) electrons. The zero-order chi connectivity index (χ0) is 14.0. The molecular formula is C15H20BrN3O. The number of nitrogens with zero attached hydrogens (tertiary/aromatic N) is 2. The van der Waals surface area contributed by atoms with E-state index in [1.807, 2.05) is 13.8 Å². The van der Waals surface area contributed by atoms with Gasteiger partial charge in [-0.2, -0.15) is 5.10 Å². The summed E-state index contributed by atoms with van der Waals surface area (Å²) < 4.78 is 2.14. The van der Waals surface area contributed by atoms with Gasteiger partial charge >= 0.3 is 0 Å². The summed E-state index contributed by atoms with van der Waals surface area (Å²) >= 11 is 3.45. The van der Waals surface area contributed by atoms with Gasteiger partial charge in [-0.1, -0.05) is 0 Å². The van der Waals surface area contributed by atoms with Crippen LogP contribution in [0.25, 0.3) is 0 Å². The first kappa shape index (κ1) is 12.9. The number of anilines is 1. The number of fused-ring (bicyclic) bond motifs is 5. The number of hydrogen-bond acceptors (Lipinski definition) is 3. The van der Waals surface area contributed by atoms with Gasteiger partial charge in [-0.3, -0.25) is 4.79 Å². The third-order valence-electron chi connectivity index (χ3n) is 5.49. The molecule has 5 heteroatoms. The lowest BCUT2D eigenvalue weighted by Gasteiger charge is -2.14. The van der Waals surface area contributed by atoms with Crippen LogP contribution in [0, 0.1) is 23.7 Å². The number of hydrogen-bond donors (Lipinski definition) is 1. The van der Waals surface area contributed by atoms with E-state index in [1.54, 1.807) is 6.20 Å². The lowest BCUT2D eigenvalue weighted by Crippen LogP contribution is -2.26. The van der Waals surface area contributed by atoms with Crippen LogP contribution < -0.4 is 10.9 Å². The molecule has 1 aromatic heterocycles. The highest BCUT2D eigenvalue weighted by Gasteiger charge is 2.65. The molecule has 2 bridgehead atoms. The summed E-state index contributed by atoms with van der Waals surface area (Å²) in [6, 6.07) is 0.664. The highest BCUT2D eigenvalue weighted by Crippen LogP contribution is 2.66. The maximum absolute atomic E-state index is 12.2. The summed E-state index contributed by atoms with van der Waals surface area (Å²) in [6.45, 7) is 3.94. The molecule has 3 saturated carbocycles. The van der Waals surface area contributed by atoms with Crippen molar-refractivity contribution >= 4 is 21.6 Å². The van der Waals surface area contributed by atoms with Crippen molar-refractivity contribution in [2.24, 2.45) is 23.7 Å². The quantitative estimate of drug-likeness (QED) is 0.922. The second kappa shape index (κ2) is 4.33. The Morgan fingerprint density at radius 2 is 2.00 bits per heavy atom. The number of aromatic nitrogens is 2. The van der Waals surface area contributed by atoms with E-state index in [0.717, 1.165) is 29.4 Å². The van der Waals surface area contributed by atoms with Gasteiger partial charge in [0, 0.05) is 6.04 Å². The van der Waals surface area contributed by atoms with Crippen molar-refractivity contribution in [2.45, 2.75) is 45.2 Å². The van der Waals surface area contributed by atoms with Crippen LogP contribution in [0.4, 0.5) is 5.69 Å². The van der Waals surface area contributed by atoms with Crippen LogP contribution in [0.15, 0.2) is 15.5 Å². The Labute approximate surface area is 127 Å². The van der Waals surface area contributed by atoms with Gasteiger partial charge in [0.1, 0.15) is 4.47 Å². The second-order valence-electron chi connectivity index (χ2n) is 6.87. The molecule has 0 amide bonds. The van der Waals surface area contributed by atoms with E-state index in [1.165, 1.54) is 23.9 Å². The van der Waals surface area contributed by atoms with Crippen molar-refractivity contribution in [3.63, 3.8) is 0 Å². The molecule has 0 aromatic carbocycles. The Hall–Kier alpha value is -0.840. The minimum Gasteiger partial charge on any atom is -0.379 e. The molecule has 4 atom stereocenters. The topological polar surface area (TPSA) is 46.9 Å². The van der Waals surface area contributed by atoms with E-state index in [0.29, 0.717) is 10.5 Å². The van der Waals surface area contributed by atoms with E-state index >= 15 is 0 Å². The smallest absolute Gasteiger partial charge is 0.283 e. The predicted molar refractivity (Wildman–Crippen MR) is 81.8 cm³/mol. The molecule has 1 N–H and O–H groups in total. The van der Waals surface area contributed by atoms with Crippen molar-refractivity contribution in [3.05, 3.63) is 21.0 Å². The Bertz CT molecular complexity index is 596. The van der Waals surface area contributed by atoms with Crippen molar-refractivity contribution in [3.8, 4) is 0 Å². The third-order valence-corrected chi connectivity index (χ3v) is 6.26. The van der Waals surface area contributed by atoms with Crippen LogP contribution in [0.2, 0.25) is 0 Å². The Kier molecular flexibility index (Phi) is 2.78. The Morgan fingerprint density at radius 3 is 2.60 bits per heavy atom. The monoisotopic (exact) mass is 337 g/mol. The highest BCUT2D eigenvalue weighted by atomic mass is 79.9. The van der Waals surface area contributed by atoms with Gasteiger partial charge in [0.2, 0.25) is 0 Å².